The van der Waals surface area contributed by atoms with E-state index in [1.165, 1.54) is 9.75 Å². The Bertz CT molecular complexity index is 553. The summed E-state index contributed by atoms with van der Waals surface area (Å²) in [6, 6.07) is 12.1. The minimum Gasteiger partial charge on any atom is -0.371 e. The standard InChI is InChI=1S/C17H22ClNOS/c1-13(2)9-19-10-15-7-8-16(21-15)12-20-11-14-5-3-4-6-17(14)18/h3-8,13,19H,9-12H2,1-2H3. The maximum absolute atomic E-state index is 6.11. The van der Waals surface area contributed by atoms with Crippen molar-refractivity contribution in [3.8, 4) is 0 Å². The van der Waals surface area contributed by atoms with E-state index in [0.29, 0.717) is 19.1 Å². The van der Waals surface area contributed by atoms with Crippen LogP contribution in [0.5, 0.6) is 0 Å². The van der Waals surface area contributed by atoms with Gasteiger partial charge in [-0.25, -0.2) is 0 Å². The zero-order valence-electron chi connectivity index (χ0n) is 12.6. The fourth-order valence-electron chi connectivity index (χ4n) is 1.96. The van der Waals surface area contributed by atoms with Gasteiger partial charge in [0.1, 0.15) is 0 Å². The predicted molar refractivity (Wildman–Crippen MR) is 90.8 cm³/mol. The Morgan fingerprint density at radius 3 is 2.62 bits per heavy atom. The van der Waals surface area contributed by atoms with Gasteiger partial charge in [0, 0.05) is 21.3 Å². The number of hydrogen-bond donors (Lipinski definition) is 1. The summed E-state index contributed by atoms with van der Waals surface area (Å²) in [7, 11) is 0. The smallest absolute Gasteiger partial charge is 0.0814 e. The number of nitrogens with one attached hydrogen (secondary N) is 1. The van der Waals surface area contributed by atoms with Gasteiger partial charge in [0.05, 0.1) is 13.2 Å². The van der Waals surface area contributed by atoms with Crippen molar-refractivity contribution >= 4 is 22.9 Å². The molecule has 4 heteroatoms. The molecule has 0 unspecified atom stereocenters. The van der Waals surface area contributed by atoms with Crippen LogP contribution in [0.15, 0.2) is 36.4 Å². The van der Waals surface area contributed by atoms with E-state index >= 15 is 0 Å². The van der Waals surface area contributed by atoms with Crippen LogP contribution in [0.3, 0.4) is 0 Å². The number of thiophene rings is 1. The van der Waals surface area contributed by atoms with Gasteiger partial charge in [0.15, 0.2) is 0 Å². The van der Waals surface area contributed by atoms with Crippen molar-refractivity contribution in [3.05, 3.63) is 56.7 Å². The summed E-state index contributed by atoms with van der Waals surface area (Å²) < 4.78 is 5.75. The average Bonchev–Trinajstić information content (AvgIpc) is 2.88. The van der Waals surface area contributed by atoms with Crippen LogP contribution in [0.1, 0.15) is 29.2 Å². The zero-order chi connectivity index (χ0) is 15.1. The molecule has 2 aromatic rings. The Morgan fingerprint density at radius 1 is 1.10 bits per heavy atom. The number of hydrogen-bond acceptors (Lipinski definition) is 3. The van der Waals surface area contributed by atoms with Crippen molar-refractivity contribution in [1.29, 1.82) is 0 Å². The summed E-state index contributed by atoms with van der Waals surface area (Å²) >= 11 is 7.91. The van der Waals surface area contributed by atoms with Crippen molar-refractivity contribution in [2.45, 2.75) is 33.6 Å². The Hall–Kier alpha value is -0.870. The van der Waals surface area contributed by atoms with Crippen LogP contribution >= 0.6 is 22.9 Å². The first-order chi connectivity index (χ1) is 10.1. The topological polar surface area (TPSA) is 21.3 Å². The zero-order valence-corrected chi connectivity index (χ0v) is 14.1. The van der Waals surface area contributed by atoms with Gasteiger partial charge in [0.25, 0.3) is 0 Å². The highest BCUT2D eigenvalue weighted by molar-refractivity contribution is 7.11. The van der Waals surface area contributed by atoms with E-state index in [1.807, 2.05) is 24.3 Å². The molecule has 0 spiro atoms. The first-order valence-corrected chi connectivity index (χ1v) is 8.44. The molecule has 21 heavy (non-hydrogen) atoms. The van der Waals surface area contributed by atoms with Crippen molar-refractivity contribution in [3.63, 3.8) is 0 Å². The molecule has 2 rings (SSSR count). The predicted octanol–water partition coefficient (Wildman–Crippen LogP) is 4.86. The number of rotatable bonds is 8. The fourth-order valence-corrected chi connectivity index (χ4v) is 3.07. The van der Waals surface area contributed by atoms with E-state index in [2.05, 4.69) is 31.3 Å². The van der Waals surface area contributed by atoms with E-state index in [0.717, 1.165) is 23.7 Å². The van der Waals surface area contributed by atoms with E-state index in [1.54, 1.807) is 11.3 Å². The van der Waals surface area contributed by atoms with E-state index < -0.39 is 0 Å². The largest absolute Gasteiger partial charge is 0.371 e. The average molecular weight is 324 g/mol. The molecule has 0 aliphatic heterocycles. The Labute approximate surface area is 136 Å². The van der Waals surface area contributed by atoms with E-state index in [9.17, 15) is 0 Å². The summed E-state index contributed by atoms with van der Waals surface area (Å²) in [5.74, 6) is 0.684. The van der Waals surface area contributed by atoms with Crippen molar-refractivity contribution in [2.75, 3.05) is 6.54 Å². The normalized spacial score (nSPS) is 11.2. The maximum Gasteiger partial charge on any atom is 0.0814 e. The van der Waals surface area contributed by atoms with Gasteiger partial charge in [-0.2, -0.15) is 0 Å². The highest BCUT2D eigenvalue weighted by Crippen LogP contribution is 2.20. The molecule has 0 saturated heterocycles. The third kappa shape index (κ3) is 5.79. The number of halogens is 1. The van der Waals surface area contributed by atoms with E-state index in [4.69, 9.17) is 16.3 Å². The van der Waals surface area contributed by atoms with Crippen molar-refractivity contribution < 1.29 is 4.74 Å². The van der Waals surface area contributed by atoms with Crippen molar-refractivity contribution in [1.82, 2.24) is 5.32 Å². The minimum absolute atomic E-state index is 0.554. The second kappa shape index (κ2) is 8.54. The van der Waals surface area contributed by atoms with Crippen LogP contribution in [0.2, 0.25) is 5.02 Å². The quantitative estimate of drug-likeness (QED) is 0.748. The fraction of sp³-hybridized carbons (Fsp3) is 0.412. The molecule has 1 aromatic carbocycles. The molecule has 0 saturated carbocycles. The molecule has 1 heterocycles. The van der Waals surface area contributed by atoms with Crippen molar-refractivity contribution in [2.24, 2.45) is 5.92 Å². The lowest BCUT2D eigenvalue weighted by Crippen LogP contribution is -2.18. The molecule has 0 amide bonds. The molecule has 2 nitrogen and oxygen atoms in total. The molecular weight excluding hydrogens is 302 g/mol. The molecule has 0 aliphatic carbocycles. The minimum atomic E-state index is 0.554. The third-order valence-corrected chi connectivity index (χ3v) is 4.46. The van der Waals surface area contributed by atoms with Crippen LogP contribution in [0.4, 0.5) is 0 Å². The van der Waals surface area contributed by atoms with Crippen LogP contribution < -0.4 is 5.32 Å². The molecule has 1 aromatic heterocycles. The Morgan fingerprint density at radius 2 is 1.86 bits per heavy atom. The van der Waals surface area contributed by atoms with Gasteiger partial charge in [-0.15, -0.1) is 11.3 Å². The summed E-state index contributed by atoms with van der Waals surface area (Å²) in [6.45, 7) is 7.62. The highest BCUT2D eigenvalue weighted by atomic mass is 35.5. The molecule has 1 N–H and O–H groups in total. The van der Waals surface area contributed by atoms with Crippen LogP contribution in [-0.2, 0) is 24.5 Å². The van der Waals surface area contributed by atoms with Gasteiger partial charge in [-0.3, -0.25) is 0 Å². The van der Waals surface area contributed by atoms with Crippen LogP contribution in [0.25, 0.3) is 0 Å². The Balaban J connectivity index is 1.74. The molecule has 0 atom stereocenters. The molecule has 0 fully saturated rings. The van der Waals surface area contributed by atoms with E-state index in [-0.39, 0.29) is 0 Å². The lowest BCUT2D eigenvalue weighted by Gasteiger charge is -2.05. The highest BCUT2D eigenvalue weighted by Gasteiger charge is 2.03. The monoisotopic (exact) mass is 323 g/mol. The lowest BCUT2D eigenvalue weighted by atomic mass is 10.2. The van der Waals surface area contributed by atoms with Gasteiger partial charge < -0.3 is 10.1 Å². The molecule has 0 radical (unpaired) electrons. The van der Waals surface area contributed by atoms with Crippen LogP contribution in [0, 0.1) is 5.92 Å². The molecule has 0 aliphatic rings. The van der Waals surface area contributed by atoms with Gasteiger partial charge >= 0.3 is 0 Å². The SMILES string of the molecule is CC(C)CNCc1ccc(COCc2ccccc2Cl)s1. The van der Waals surface area contributed by atoms with Gasteiger partial charge in [-0.05, 0) is 36.2 Å². The maximum atomic E-state index is 6.11. The Kier molecular flexibility index (Phi) is 6.71. The summed E-state index contributed by atoms with van der Waals surface area (Å²) in [4.78, 5) is 2.61. The molecule has 114 valence electrons. The first kappa shape index (κ1) is 16.5. The summed E-state index contributed by atoms with van der Waals surface area (Å²) in [6.07, 6.45) is 0. The first-order valence-electron chi connectivity index (χ1n) is 7.24. The second-order valence-electron chi connectivity index (χ2n) is 5.48. The number of ether oxygens (including phenoxy) is 1. The van der Waals surface area contributed by atoms with Gasteiger partial charge in [-0.1, -0.05) is 43.6 Å². The third-order valence-electron chi connectivity index (χ3n) is 3.03. The lowest BCUT2D eigenvalue weighted by molar-refractivity contribution is 0.109. The van der Waals surface area contributed by atoms with Crippen LogP contribution in [-0.4, -0.2) is 6.54 Å². The molecule has 0 bridgehead atoms. The number of benzene rings is 1. The second-order valence-corrected chi connectivity index (χ2v) is 7.14. The summed E-state index contributed by atoms with van der Waals surface area (Å²) in [5, 5.41) is 4.22. The van der Waals surface area contributed by atoms with Gasteiger partial charge in [0.2, 0.25) is 0 Å². The molecular formula is C17H22ClNOS. The summed E-state index contributed by atoms with van der Waals surface area (Å²) in [5.41, 5.74) is 1.04.